The lowest BCUT2D eigenvalue weighted by molar-refractivity contribution is 0.0938. The monoisotopic (exact) mass is 341 g/mol. The van der Waals surface area contributed by atoms with Gasteiger partial charge >= 0.3 is 6.03 Å². The summed E-state index contributed by atoms with van der Waals surface area (Å²) >= 11 is 0. The molecule has 1 fully saturated rings. The van der Waals surface area contributed by atoms with Gasteiger partial charge in [0.1, 0.15) is 0 Å². The first-order valence-corrected chi connectivity index (χ1v) is 8.56. The summed E-state index contributed by atoms with van der Waals surface area (Å²) in [6, 6.07) is 9.85. The van der Waals surface area contributed by atoms with Gasteiger partial charge in [0.2, 0.25) is 0 Å². The summed E-state index contributed by atoms with van der Waals surface area (Å²) in [5.74, 6) is 0.283. The standard InChI is InChI=1S/C18H23N5O2/c24-17(16-12-21-22-13-16)19-10-15-6-8-23(9-7-15)18(25)20-11-14-4-2-1-3-5-14/h1-5,12-13,15H,6-11H2,(H,19,24)(H,20,25)(H,21,22). The van der Waals surface area contributed by atoms with Crippen LogP contribution in [0, 0.1) is 5.92 Å². The molecule has 0 radical (unpaired) electrons. The SMILES string of the molecule is O=C(NCC1CCN(C(=O)NCc2ccccc2)CC1)c1cn[nH]c1. The summed E-state index contributed by atoms with van der Waals surface area (Å²) in [7, 11) is 0. The number of rotatable bonds is 5. The summed E-state index contributed by atoms with van der Waals surface area (Å²) in [5, 5.41) is 12.3. The average molecular weight is 341 g/mol. The number of piperidine rings is 1. The van der Waals surface area contributed by atoms with Gasteiger partial charge in [-0.3, -0.25) is 9.89 Å². The first kappa shape index (κ1) is 17.0. The Kier molecular flexibility index (Phi) is 5.66. The molecule has 1 aromatic heterocycles. The zero-order valence-corrected chi connectivity index (χ0v) is 14.1. The van der Waals surface area contributed by atoms with Gasteiger partial charge in [-0.2, -0.15) is 5.10 Å². The topological polar surface area (TPSA) is 90.1 Å². The van der Waals surface area contributed by atoms with E-state index in [1.807, 2.05) is 35.2 Å². The Bertz CT molecular complexity index is 679. The van der Waals surface area contributed by atoms with E-state index in [4.69, 9.17) is 0 Å². The molecule has 3 amide bonds. The highest BCUT2D eigenvalue weighted by molar-refractivity contribution is 5.93. The second kappa shape index (κ2) is 8.32. The number of hydrogen-bond donors (Lipinski definition) is 3. The maximum absolute atomic E-state index is 12.2. The van der Waals surface area contributed by atoms with Gasteiger partial charge in [-0.15, -0.1) is 0 Å². The lowest BCUT2D eigenvalue weighted by Crippen LogP contribution is -2.45. The summed E-state index contributed by atoms with van der Waals surface area (Å²) in [6.45, 7) is 2.60. The van der Waals surface area contributed by atoms with Crippen LogP contribution in [0.25, 0.3) is 0 Å². The van der Waals surface area contributed by atoms with Crippen molar-refractivity contribution in [2.24, 2.45) is 5.92 Å². The van der Waals surface area contributed by atoms with Crippen LogP contribution in [0.15, 0.2) is 42.7 Å². The number of nitrogens with zero attached hydrogens (tertiary/aromatic N) is 2. The lowest BCUT2D eigenvalue weighted by Gasteiger charge is -2.32. The molecule has 1 aliphatic rings. The van der Waals surface area contributed by atoms with Crippen molar-refractivity contribution in [3.05, 3.63) is 53.9 Å². The van der Waals surface area contributed by atoms with Crippen molar-refractivity contribution in [1.29, 1.82) is 0 Å². The minimum absolute atomic E-state index is 0.0234. The largest absolute Gasteiger partial charge is 0.352 e. The van der Waals surface area contributed by atoms with Gasteiger partial charge in [0.05, 0.1) is 11.8 Å². The Balaban J connectivity index is 1.36. The van der Waals surface area contributed by atoms with Crippen molar-refractivity contribution in [3.8, 4) is 0 Å². The molecule has 0 atom stereocenters. The number of nitrogens with one attached hydrogen (secondary N) is 3. The fourth-order valence-corrected chi connectivity index (χ4v) is 2.94. The zero-order valence-electron chi connectivity index (χ0n) is 14.1. The minimum atomic E-state index is -0.114. The first-order chi connectivity index (χ1) is 12.2. The molecule has 0 aliphatic carbocycles. The van der Waals surface area contributed by atoms with Gasteiger partial charge in [-0.1, -0.05) is 30.3 Å². The molecule has 25 heavy (non-hydrogen) atoms. The fourth-order valence-electron chi connectivity index (χ4n) is 2.94. The van der Waals surface area contributed by atoms with E-state index in [1.165, 1.54) is 6.20 Å². The van der Waals surface area contributed by atoms with Crippen LogP contribution in [0.2, 0.25) is 0 Å². The molecule has 0 spiro atoms. The number of hydrogen-bond acceptors (Lipinski definition) is 3. The zero-order chi connectivity index (χ0) is 17.5. The number of likely N-dealkylation sites (tertiary alicyclic amines) is 1. The number of amides is 3. The smallest absolute Gasteiger partial charge is 0.317 e. The van der Waals surface area contributed by atoms with Crippen molar-refractivity contribution in [3.63, 3.8) is 0 Å². The molecule has 0 bridgehead atoms. The van der Waals surface area contributed by atoms with Gasteiger partial charge in [0.25, 0.3) is 5.91 Å². The van der Waals surface area contributed by atoms with Crippen LogP contribution in [0.3, 0.4) is 0 Å². The summed E-state index contributed by atoms with van der Waals surface area (Å²) in [4.78, 5) is 26.0. The number of H-pyrrole nitrogens is 1. The Morgan fingerprint density at radius 1 is 1.16 bits per heavy atom. The Hall–Kier alpha value is -2.83. The third-order valence-electron chi connectivity index (χ3n) is 4.50. The molecular weight excluding hydrogens is 318 g/mol. The highest BCUT2D eigenvalue weighted by Gasteiger charge is 2.23. The van der Waals surface area contributed by atoms with Gasteiger partial charge < -0.3 is 15.5 Å². The molecule has 3 rings (SSSR count). The Labute approximate surface area is 146 Å². The number of urea groups is 1. The molecule has 0 unspecified atom stereocenters. The third kappa shape index (κ3) is 4.82. The van der Waals surface area contributed by atoms with E-state index in [9.17, 15) is 9.59 Å². The average Bonchev–Trinajstić information content (AvgIpc) is 3.20. The number of carbonyl (C=O) groups is 2. The van der Waals surface area contributed by atoms with E-state index in [0.717, 1.165) is 18.4 Å². The lowest BCUT2D eigenvalue weighted by atomic mass is 9.97. The number of benzene rings is 1. The second-order valence-electron chi connectivity index (χ2n) is 6.27. The summed E-state index contributed by atoms with van der Waals surface area (Å²) in [6.07, 6.45) is 4.87. The van der Waals surface area contributed by atoms with E-state index in [1.54, 1.807) is 6.20 Å². The van der Waals surface area contributed by atoms with Crippen molar-refractivity contribution >= 4 is 11.9 Å². The molecule has 3 N–H and O–H groups in total. The maximum Gasteiger partial charge on any atom is 0.317 e. The Morgan fingerprint density at radius 3 is 2.60 bits per heavy atom. The fraction of sp³-hybridized carbons (Fsp3) is 0.389. The van der Waals surface area contributed by atoms with E-state index in [0.29, 0.717) is 37.7 Å². The van der Waals surface area contributed by atoms with Crippen molar-refractivity contribution in [2.75, 3.05) is 19.6 Å². The molecule has 132 valence electrons. The summed E-state index contributed by atoms with van der Waals surface area (Å²) in [5.41, 5.74) is 1.63. The number of carbonyl (C=O) groups excluding carboxylic acids is 2. The highest BCUT2D eigenvalue weighted by Crippen LogP contribution is 2.16. The van der Waals surface area contributed by atoms with Crippen molar-refractivity contribution in [1.82, 2.24) is 25.7 Å². The van der Waals surface area contributed by atoms with E-state index in [2.05, 4.69) is 20.8 Å². The predicted octanol–water partition coefficient (Wildman–Crippen LogP) is 1.76. The second-order valence-corrected chi connectivity index (χ2v) is 6.27. The van der Waals surface area contributed by atoms with Crippen LogP contribution in [0.1, 0.15) is 28.8 Å². The van der Waals surface area contributed by atoms with Crippen molar-refractivity contribution < 1.29 is 9.59 Å². The van der Waals surface area contributed by atoms with Crippen LogP contribution in [0.5, 0.6) is 0 Å². The summed E-state index contributed by atoms with van der Waals surface area (Å²) < 4.78 is 0. The van der Waals surface area contributed by atoms with Crippen LogP contribution in [-0.2, 0) is 6.54 Å². The third-order valence-corrected chi connectivity index (χ3v) is 4.50. The molecule has 2 heterocycles. The quantitative estimate of drug-likeness (QED) is 0.774. The molecule has 0 saturated carbocycles. The number of aromatic nitrogens is 2. The minimum Gasteiger partial charge on any atom is -0.352 e. The van der Waals surface area contributed by atoms with E-state index < -0.39 is 0 Å². The predicted molar refractivity (Wildman–Crippen MR) is 93.9 cm³/mol. The van der Waals surface area contributed by atoms with Crippen LogP contribution in [-0.4, -0.2) is 46.7 Å². The normalized spacial score (nSPS) is 15.0. The molecule has 7 nitrogen and oxygen atoms in total. The van der Waals surface area contributed by atoms with Gasteiger partial charge in [-0.25, -0.2) is 4.79 Å². The molecular formula is C18H23N5O2. The molecule has 1 aliphatic heterocycles. The molecule has 7 heteroatoms. The van der Waals surface area contributed by atoms with Crippen molar-refractivity contribution in [2.45, 2.75) is 19.4 Å². The highest BCUT2D eigenvalue weighted by atomic mass is 16.2. The molecule has 1 saturated heterocycles. The Morgan fingerprint density at radius 2 is 1.92 bits per heavy atom. The molecule has 1 aromatic carbocycles. The van der Waals surface area contributed by atoms with Crippen LogP contribution in [0.4, 0.5) is 4.79 Å². The first-order valence-electron chi connectivity index (χ1n) is 8.56. The van der Waals surface area contributed by atoms with E-state index >= 15 is 0 Å². The van der Waals surface area contributed by atoms with Crippen LogP contribution >= 0.6 is 0 Å². The molecule has 2 aromatic rings. The number of aromatic amines is 1. The van der Waals surface area contributed by atoms with Gasteiger partial charge in [0.15, 0.2) is 0 Å². The van der Waals surface area contributed by atoms with Crippen LogP contribution < -0.4 is 10.6 Å². The maximum atomic E-state index is 12.2. The van der Waals surface area contributed by atoms with Gasteiger partial charge in [0, 0.05) is 32.4 Å². The van der Waals surface area contributed by atoms with E-state index in [-0.39, 0.29) is 11.9 Å². The van der Waals surface area contributed by atoms with Gasteiger partial charge in [-0.05, 0) is 24.3 Å².